The van der Waals surface area contributed by atoms with Crippen molar-refractivity contribution in [2.24, 2.45) is 5.92 Å². The summed E-state index contributed by atoms with van der Waals surface area (Å²) in [5, 5.41) is 11.9. The molecule has 9 heteroatoms. The van der Waals surface area contributed by atoms with E-state index in [9.17, 15) is 9.59 Å². The Hall–Kier alpha value is -2.29. The van der Waals surface area contributed by atoms with Gasteiger partial charge in [0.25, 0.3) is 0 Å². The van der Waals surface area contributed by atoms with Crippen molar-refractivity contribution < 1.29 is 18.7 Å². The molecule has 0 saturated heterocycles. The third-order valence-corrected chi connectivity index (χ3v) is 4.41. The van der Waals surface area contributed by atoms with Crippen LogP contribution >= 0.6 is 11.8 Å². The summed E-state index contributed by atoms with van der Waals surface area (Å²) in [5.74, 6) is 1.54. The molecule has 0 bridgehead atoms. The lowest BCUT2D eigenvalue weighted by atomic mass is 10.2. The van der Waals surface area contributed by atoms with Crippen LogP contribution in [0.15, 0.2) is 28.0 Å². The van der Waals surface area contributed by atoms with Gasteiger partial charge < -0.3 is 14.5 Å². The van der Waals surface area contributed by atoms with Gasteiger partial charge in [-0.05, 0) is 24.5 Å². The Balaban J connectivity index is 1.90. The first-order chi connectivity index (χ1) is 12.5. The highest BCUT2D eigenvalue weighted by molar-refractivity contribution is 7.99. The van der Waals surface area contributed by atoms with E-state index in [4.69, 9.17) is 4.42 Å². The zero-order valence-electron chi connectivity index (χ0n) is 15.2. The maximum Gasteiger partial charge on any atom is 0.305 e. The fourth-order valence-corrected chi connectivity index (χ4v) is 3.03. The Morgan fingerprint density at radius 1 is 1.38 bits per heavy atom. The largest absolute Gasteiger partial charge is 0.469 e. The average molecular weight is 380 g/mol. The van der Waals surface area contributed by atoms with E-state index in [1.807, 2.05) is 10.6 Å². The lowest BCUT2D eigenvalue weighted by molar-refractivity contribution is -0.140. The molecule has 1 N–H and O–H groups in total. The van der Waals surface area contributed by atoms with Crippen molar-refractivity contribution in [1.82, 2.24) is 20.1 Å². The van der Waals surface area contributed by atoms with Crippen LogP contribution in [0.4, 0.5) is 0 Å². The van der Waals surface area contributed by atoms with E-state index in [2.05, 4.69) is 34.1 Å². The number of nitrogens with zero attached hydrogens (tertiary/aromatic N) is 3. The van der Waals surface area contributed by atoms with Crippen LogP contribution in [0.5, 0.6) is 0 Å². The first-order valence-corrected chi connectivity index (χ1v) is 9.43. The van der Waals surface area contributed by atoms with Crippen molar-refractivity contribution >= 4 is 23.6 Å². The minimum Gasteiger partial charge on any atom is -0.469 e. The Kier molecular flexibility index (Phi) is 7.71. The van der Waals surface area contributed by atoms with Crippen LogP contribution in [-0.2, 0) is 20.9 Å². The summed E-state index contributed by atoms with van der Waals surface area (Å²) in [5.41, 5.74) is 0. The van der Waals surface area contributed by atoms with E-state index in [-0.39, 0.29) is 17.6 Å². The molecule has 1 amide bonds. The van der Waals surface area contributed by atoms with Crippen molar-refractivity contribution in [3.8, 4) is 11.6 Å². The lowest BCUT2D eigenvalue weighted by Gasteiger charge is -2.11. The molecule has 0 unspecified atom stereocenters. The summed E-state index contributed by atoms with van der Waals surface area (Å²) in [6.45, 7) is 5.37. The quantitative estimate of drug-likeness (QED) is 0.384. The van der Waals surface area contributed by atoms with E-state index in [0.29, 0.717) is 42.0 Å². The highest BCUT2D eigenvalue weighted by atomic mass is 32.2. The molecule has 2 rings (SSSR count). The third-order valence-electron chi connectivity index (χ3n) is 3.45. The van der Waals surface area contributed by atoms with Crippen LogP contribution in [-0.4, -0.2) is 46.0 Å². The van der Waals surface area contributed by atoms with Gasteiger partial charge in [0.15, 0.2) is 16.7 Å². The van der Waals surface area contributed by atoms with Gasteiger partial charge in [-0.2, -0.15) is 0 Å². The number of hydrogen-bond donors (Lipinski definition) is 1. The zero-order chi connectivity index (χ0) is 18.9. The van der Waals surface area contributed by atoms with Gasteiger partial charge in [0.2, 0.25) is 5.91 Å². The van der Waals surface area contributed by atoms with Gasteiger partial charge in [0, 0.05) is 19.5 Å². The molecule has 0 atom stereocenters. The summed E-state index contributed by atoms with van der Waals surface area (Å²) >= 11 is 1.33. The predicted molar refractivity (Wildman–Crippen MR) is 97.5 cm³/mol. The highest BCUT2D eigenvalue weighted by Gasteiger charge is 2.18. The molecule has 0 aliphatic carbocycles. The molecule has 8 nitrogen and oxygen atoms in total. The minimum atomic E-state index is -0.277. The number of furan rings is 1. The Labute approximate surface area is 156 Å². The van der Waals surface area contributed by atoms with Crippen molar-refractivity contribution in [2.75, 3.05) is 19.4 Å². The van der Waals surface area contributed by atoms with Crippen molar-refractivity contribution in [1.29, 1.82) is 0 Å². The fraction of sp³-hybridized carbons (Fsp3) is 0.529. The number of methoxy groups -OCH3 is 1. The van der Waals surface area contributed by atoms with E-state index < -0.39 is 0 Å². The second kappa shape index (κ2) is 10.0. The molecular formula is C17H24N4O4S. The molecule has 2 heterocycles. The fourth-order valence-electron chi connectivity index (χ4n) is 2.26. The SMILES string of the molecule is COC(=O)CCCNC(=O)CSc1nnc(-c2ccco2)n1CC(C)C. The third kappa shape index (κ3) is 5.91. The number of ether oxygens (including phenoxy) is 1. The summed E-state index contributed by atoms with van der Waals surface area (Å²) in [6.07, 6.45) is 2.44. The van der Waals surface area contributed by atoms with Crippen LogP contribution in [0.1, 0.15) is 26.7 Å². The normalized spacial score (nSPS) is 10.9. The van der Waals surface area contributed by atoms with Crippen molar-refractivity contribution in [2.45, 2.75) is 38.4 Å². The van der Waals surface area contributed by atoms with Crippen LogP contribution in [0.2, 0.25) is 0 Å². The molecule has 26 heavy (non-hydrogen) atoms. The minimum absolute atomic E-state index is 0.112. The maximum absolute atomic E-state index is 12.0. The van der Waals surface area contributed by atoms with Crippen LogP contribution < -0.4 is 5.32 Å². The Morgan fingerprint density at radius 2 is 2.19 bits per heavy atom. The molecule has 2 aromatic rings. The van der Waals surface area contributed by atoms with E-state index in [1.165, 1.54) is 18.9 Å². The summed E-state index contributed by atoms with van der Waals surface area (Å²) < 4.78 is 12.0. The van der Waals surface area contributed by atoms with Gasteiger partial charge >= 0.3 is 5.97 Å². The van der Waals surface area contributed by atoms with Gasteiger partial charge in [0.1, 0.15) is 0 Å². The first-order valence-electron chi connectivity index (χ1n) is 8.44. The summed E-state index contributed by atoms with van der Waals surface area (Å²) in [6, 6.07) is 3.64. The van der Waals surface area contributed by atoms with E-state index in [0.717, 1.165) is 6.54 Å². The molecule has 142 valence electrons. The molecule has 0 fully saturated rings. The second-order valence-corrected chi connectivity index (χ2v) is 7.05. The van der Waals surface area contributed by atoms with Crippen LogP contribution in [0.25, 0.3) is 11.6 Å². The number of aromatic nitrogens is 3. The number of rotatable bonds is 10. The number of carbonyl (C=O) groups excluding carboxylic acids is 2. The molecule has 2 aromatic heterocycles. The summed E-state index contributed by atoms with van der Waals surface area (Å²) in [7, 11) is 1.35. The van der Waals surface area contributed by atoms with E-state index >= 15 is 0 Å². The number of hydrogen-bond acceptors (Lipinski definition) is 7. The molecule has 0 saturated carbocycles. The molecule has 0 radical (unpaired) electrons. The van der Waals surface area contributed by atoms with Crippen molar-refractivity contribution in [3.05, 3.63) is 18.4 Å². The number of carbonyl (C=O) groups is 2. The van der Waals surface area contributed by atoms with Gasteiger partial charge in [-0.25, -0.2) is 0 Å². The van der Waals surface area contributed by atoms with Crippen LogP contribution in [0, 0.1) is 5.92 Å². The van der Waals surface area contributed by atoms with Crippen LogP contribution in [0.3, 0.4) is 0 Å². The predicted octanol–water partition coefficient (Wildman–Crippen LogP) is 2.36. The van der Waals surface area contributed by atoms with Gasteiger partial charge in [-0.15, -0.1) is 10.2 Å². The molecule has 0 spiro atoms. The summed E-state index contributed by atoms with van der Waals surface area (Å²) in [4.78, 5) is 23.0. The Morgan fingerprint density at radius 3 is 2.85 bits per heavy atom. The molecule has 0 aliphatic rings. The van der Waals surface area contributed by atoms with Gasteiger partial charge in [0.05, 0.1) is 19.1 Å². The average Bonchev–Trinajstić information content (AvgIpc) is 3.26. The smallest absolute Gasteiger partial charge is 0.305 e. The van der Waals surface area contributed by atoms with Crippen molar-refractivity contribution in [3.63, 3.8) is 0 Å². The monoisotopic (exact) mass is 380 g/mol. The number of esters is 1. The second-order valence-electron chi connectivity index (χ2n) is 6.11. The first kappa shape index (κ1) is 20.0. The van der Waals surface area contributed by atoms with Gasteiger partial charge in [-0.3, -0.25) is 14.2 Å². The molecule has 0 aliphatic heterocycles. The Bertz CT molecular complexity index is 712. The molecular weight excluding hydrogens is 356 g/mol. The maximum atomic E-state index is 12.0. The standard InChI is InChI=1S/C17H24N4O4S/c1-12(2)10-21-16(13-6-5-9-25-13)19-20-17(21)26-11-14(22)18-8-4-7-15(23)24-3/h5-6,9,12H,4,7-8,10-11H2,1-3H3,(H,18,22). The lowest BCUT2D eigenvalue weighted by Crippen LogP contribution is -2.26. The van der Waals surface area contributed by atoms with Gasteiger partial charge in [-0.1, -0.05) is 25.6 Å². The molecule has 0 aromatic carbocycles. The number of thioether (sulfide) groups is 1. The topological polar surface area (TPSA) is 99.2 Å². The number of amides is 1. The van der Waals surface area contributed by atoms with E-state index in [1.54, 1.807) is 12.3 Å². The number of nitrogens with one attached hydrogen (secondary N) is 1. The highest BCUT2D eigenvalue weighted by Crippen LogP contribution is 2.25. The zero-order valence-corrected chi connectivity index (χ0v) is 16.0.